The van der Waals surface area contributed by atoms with Crippen molar-refractivity contribution in [1.82, 2.24) is 4.90 Å². The molecule has 0 spiro atoms. The molecular formula is C15H15NO4S2. The lowest BCUT2D eigenvalue weighted by Gasteiger charge is -2.13. The van der Waals surface area contributed by atoms with Crippen molar-refractivity contribution < 1.29 is 19.1 Å². The monoisotopic (exact) mass is 337 g/mol. The Morgan fingerprint density at radius 2 is 2.09 bits per heavy atom. The first-order valence-electron chi connectivity index (χ1n) is 6.52. The summed E-state index contributed by atoms with van der Waals surface area (Å²) in [6, 6.07) is 7.41. The zero-order valence-electron chi connectivity index (χ0n) is 12.2. The summed E-state index contributed by atoms with van der Waals surface area (Å²) < 4.78 is 10.3. The number of nitrogens with zero attached hydrogens (tertiary/aromatic N) is 1. The number of para-hydroxylation sites is 1. The fourth-order valence-corrected chi connectivity index (χ4v) is 3.22. The third kappa shape index (κ3) is 3.66. The van der Waals surface area contributed by atoms with Crippen LogP contribution in [0.15, 0.2) is 29.2 Å². The minimum atomic E-state index is -0.372. The second kappa shape index (κ2) is 7.42. The number of rotatable bonds is 5. The van der Waals surface area contributed by atoms with Crippen LogP contribution in [0.5, 0.6) is 5.75 Å². The summed E-state index contributed by atoms with van der Waals surface area (Å²) in [4.78, 5) is 25.5. The van der Waals surface area contributed by atoms with Gasteiger partial charge in [0.2, 0.25) is 0 Å². The maximum absolute atomic E-state index is 12.4. The van der Waals surface area contributed by atoms with Crippen molar-refractivity contribution >= 4 is 46.3 Å². The third-order valence-electron chi connectivity index (χ3n) is 3.07. The van der Waals surface area contributed by atoms with E-state index in [1.165, 1.54) is 23.8 Å². The molecule has 0 atom stereocenters. The van der Waals surface area contributed by atoms with Gasteiger partial charge in [0.05, 0.1) is 25.5 Å². The van der Waals surface area contributed by atoms with Gasteiger partial charge in [-0.1, -0.05) is 42.2 Å². The van der Waals surface area contributed by atoms with Crippen molar-refractivity contribution in [2.24, 2.45) is 0 Å². The van der Waals surface area contributed by atoms with E-state index in [2.05, 4.69) is 4.74 Å². The number of esters is 1. The van der Waals surface area contributed by atoms with E-state index in [1.807, 2.05) is 24.3 Å². The molecule has 0 bridgehead atoms. The molecular weight excluding hydrogens is 322 g/mol. The predicted molar refractivity (Wildman–Crippen MR) is 89.5 cm³/mol. The Balaban J connectivity index is 2.17. The average molecular weight is 337 g/mol. The van der Waals surface area contributed by atoms with Crippen LogP contribution in [0.4, 0.5) is 0 Å². The highest BCUT2D eigenvalue weighted by Gasteiger charge is 2.32. The largest absolute Gasteiger partial charge is 0.496 e. The van der Waals surface area contributed by atoms with E-state index in [1.54, 1.807) is 13.2 Å². The molecule has 0 N–H and O–H groups in total. The SMILES string of the molecule is COC(=O)CCN1C(=O)/C(=C/c2ccccc2OC)SC1=S. The number of hydrogen-bond acceptors (Lipinski definition) is 6. The molecule has 1 saturated heterocycles. The summed E-state index contributed by atoms with van der Waals surface area (Å²) in [5.41, 5.74) is 0.804. The Hall–Kier alpha value is -1.86. The van der Waals surface area contributed by atoms with Crippen LogP contribution in [-0.4, -0.2) is 41.9 Å². The van der Waals surface area contributed by atoms with Gasteiger partial charge in [-0.15, -0.1) is 0 Å². The molecule has 1 amide bonds. The average Bonchev–Trinajstić information content (AvgIpc) is 2.79. The molecule has 0 aromatic heterocycles. The highest BCUT2D eigenvalue weighted by molar-refractivity contribution is 8.26. The number of hydrogen-bond donors (Lipinski definition) is 0. The zero-order valence-corrected chi connectivity index (χ0v) is 13.8. The van der Waals surface area contributed by atoms with Gasteiger partial charge in [-0.25, -0.2) is 0 Å². The molecule has 0 saturated carbocycles. The van der Waals surface area contributed by atoms with Crippen LogP contribution in [0.25, 0.3) is 6.08 Å². The number of thioether (sulfide) groups is 1. The molecule has 0 aliphatic carbocycles. The predicted octanol–water partition coefficient (Wildman–Crippen LogP) is 2.46. The first-order chi connectivity index (χ1) is 10.6. The van der Waals surface area contributed by atoms with Crippen molar-refractivity contribution in [3.05, 3.63) is 34.7 Å². The van der Waals surface area contributed by atoms with E-state index >= 15 is 0 Å². The summed E-state index contributed by atoms with van der Waals surface area (Å²) in [6.07, 6.45) is 1.86. The molecule has 116 valence electrons. The smallest absolute Gasteiger partial charge is 0.307 e. The third-order valence-corrected chi connectivity index (χ3v) is 4.44. The summed E-state index contributed by atoms with van der Waals surface area (Å²) in [5, 5.41) is 0. The number of methoxy groups -OCH3 is 2. The summed E-state index contributed by atoms with van der Waals surface area (Å²) in [6.45, 7) is 0.223. The minimum Gasteiger partial charge on any atom is -0.496 e. The van der Waals surface area contributed by atoms with Crippen LogP contribution < -0.4 is 4.74 Å². The van der Waals surface area contributed by atoms with Crippen LogP contribution in [-0.2, 0) is 14.3 Å². The Morgan fingerprint density at radius 1 is 1.36 bits per heavy atom. The summed E-state index contributed by atoms with van der Waals surface area (Å²) >= 11 is 6.42. The Bertz CT molecular complexity index is 642. The van der Waals surface area contributed by atoms with Crippen LogP contribution in [0.3, 0.4) is 0 Å². The molecule has 1 fully saturated rings. The molecule has 1 heterocycles. The van der Waals surface area contributed by atoms with Crippen LogP contribution in [0.1, 0.15) is 12.0 Å². The molecule has 1 aromatic rings. The van der Waals surface area contributed by atoms with E-state index in [-0.39, 0.29) is 24.8 Å². The Labute approximate surface area is 138 Å². The quantitative estimate of drug-likeness (QED) is 0.467. The second-order valence-corrected chi connectivity index (χ2v) is 6.08. The van der Waals surface area contributed by atoms with Crippen molar-refractivity contribution in [1.29, 1.82) is 0 Å². The van der Waals surface area contributed by atoms with Crippen LogP contribution >= 0.6 is 24.0 Å². The molecule has 1 aromatic carbocycles. The number of carbonyl (C=O) groups excluding carboxylic acids is 2. The van der Waals surface area contributed by atoms with Gasteiger partial charge in [0.1, 0.15) is 10.1 Å². The molecule has 7 heteroatoms. The maximum Gasteiger partial charge on any atom is 0.307 e. The van der Waals surface area contributed by atoms with E-state index in [9.17, 15) is 9.59 Å². The van der Waals surface area contributed by atoms with Gasteiger partial charge in [-0.05, 0) is 12.1 Å². The number of benzene rings is 1. The van der Waals surface area contributed by atoms with Gasteiger partial charge < -0.3 is 9.47 Å². The van der Waals surface area contributed by atoms with Crippen molar-refractivity contribution in [3.63, 3.8) is 0 Å². The standard InChI is InChI=1S/C15H15NO4S2/c1-19-11-6-4-3-5-10(11)9-12-14(18)16(15(21)22-12)8-7-13(17)20-2/h3-6,9H,7-8H2,1-2H3/b12-9-. The first-order valence-corrected chi connectivity index (χ1v) is 7.74. The highest BCUT2D eigenvalue weighted by atomic mass is 32.2. The van der Waals surface area contributed by atoms with Gasteiger partial charge in [0.15, 0.2) is 0 Å². The van der Waals surface area contributed by atoms with Gasteiger partial charge in [0.25, 0.3) is 5.91 Å². The van der Waals surface area contributed by atoms with E-state index in [0.29, 0.717) is 15.0 Å². The number of ether oxygens (including phenoxy) is 2. The normalized spacial score (nSPS) is 16.3. The first kappa shape index (κ1) is 16.5. The highest BCUT2D eigenvalue weighted by Crippen LogP contribution is 2.34. The molecule has 0 unspecified atom stereocenters. The van der Waals surface area contributed by atoms with E-state index in [4.69, 9.17) is 17.0 Å². The van der Waals surface area contributed by atoms with Gasteiger partial charge in [-0.2, -0.15) is 0 Å². The molecule has 0 radical (unpaired) electrons. The van der Waals surface area contributed by atoms with Gasteiger partial charge in [0, 0.05) is 12.1 Å². The lowest BCUT2D eigenvalue weighted by Crippen LogP contribution is -2.30. The van der Waals surface area contributed by atoms with Crippen LogP contribution in [0, 0.1) is 0 Å². The molecule has 1 aliphatic rings. The lowest BCUT2D eigenvalue weighted by atomic mass is 10.2. The van der Waals surface area contributed by atoms with Crippen LogP contribution in [0.2, 0.25) is 0 Å². The second-order valence-electron chi connectivity index (χ2n) is 4.40. The van der Waals surface area contributed by atoms with Crippen molar-refractivity contribution in [2.45, 2.75) is 6.42 Å². The fourth-order valence-electron chi connectivity index (χ4n) is 1.92. The fraction of sp³-hybridized carbons (Fsp3) is 0.267. The number of thiocarbonyl (C=S) groups is 1. The molecule has 22 heavy (non-hydrogen) atoms. The summed E-state index contributed by atoms with van der Waals surface area (Å²) in [5.74, 6) is 0.106. The van der Waals surface area contributed by atoms with Crippen molar-refractivity contribution in [2.75, 3.05) is 20.8 Å². The van der Waals surface area contributed by atoms with Gasteiger partial charge in [-0.3, -0.25) is 14.5 Å². The Kier molecular flexibility index (Phi) is 5.57. The van der Waals surface area contributed by atoms with Crippen molar-refractivity contribution in [3.8, 4) is 5.75 Å². The zero-order chi connectivity index (χ0) is 16.1. The Morgan fingerprint density at radius 3 is 2.77 bits per heavy atom. The number of amides is 1. The van der Waals surface area contributed by atoms with E-state index < -0.39 is 0 Å². The molecule has 5 nitrogen and oxygen atoms in total. The molecule has 1 aliphatic heterocycles. The molecule has 2 rings (SSSR count). The van der Waals surface area contributed by atoms with Gasteiger partial charge >= 0.3 is 5.97 Å². The summed E-state index contributed by atoms with van der Waals surface area (Å²) in [7, 11) is 2.89. The minimum absolute atomic E-state index is 0.116. The van der Waals surface area contributed by atoms with E-state index in [0.717, 1.165) is 5.56 Å². The maximum atomic E-state index is 12.4. The lowest BCUT2D eigenvalue weighted by molar-refractivity contribution is -0.140. The number of carbonyl (C=O) groups is 2. The topological polar surface area (TPSA) is 55.8 Å².